The van der Waals surface area contributed by atoms with Crippen molar-refractivity contribution in [1.82, 2.24) is 0 Å². The predicted octanol–water partition coefficient (Wildman–Crippen LogP) is 5.36. The van der Waals surface area contributed by atoms with Gasteiger partial charge in [0.15, 0.2) is 0 Å². The van der Waals surface area contributed by atoms with E-state index in [9.17, 15) is 9.18 Å². The summed E-state index contributed by atoms with van der Waals surface area (Å²) in [6, 6.07) is 10.2. The third-order valence-corrected chi connectivity index (χ3v) is 5.06. The first kappa shape index (κ1) is 17.8. The molecule has 2 rings (SSSR count). The molecule has 0 aliphatic rings. The maximum atomic E-state index is 13.0. The van der Waals surface area contributed by atoms with Crippen LogP contribution < -0.4 is 5.32 Å². The predicted molar refractivity (Wildman–Crippen MR) is 96.7 cm³/mol. The Morgan fingerprint density at radius 3 is 2.65 bits per heavy atom. The van der Waals surface area contributed by atoms with E-state index in [2.05, 4.69) is 5.32 Å². The molecule has 0 bridgehead atoms. The molecule has 122 valence electrons. The molecule has 23 heavy (non-hydrogen) atoms. The van der Waals surface area contributed by atoms with E-state index in [1.807, 2.05) is 39.0 Å². The summed E-state index contributed by atoms with van der Waals surface area (Å²) in [4.78, 5) is 12.3. The smallest absolute Gasteiger partial charge is 0.237 e. The Kier molecular flexibility index (Phi) is 6.08. The van der Waals surface area contributed by atoms with Gasteiger partial charge in [-0.2, -0.15) is 0 Å². The lowest BCUT2D eigenvalue weighted by Gasteiger charge is -2.14. The minimum absolute atomic E-state index is 0.0554. The summed E-state index contributed by atoms with van der Waals surface area (Å²) in [7, 11) is 0. The summed E-state index contributed by atoms with van der Waals surface area (Å²) < 4.78 is 13.0. The number of carbonyl (C=O) groups excluding carboxylic acids is 1. The number of carbonyl (C=O) groups is 1. The number of amides is 1. The number of rotatable bonds is 5. The van der Waals surface area contributed by atoms with Gasteiger partial charge in [0.25, 0.3) is 0 Å². The molecule has 0 heterocycles. The lowest BCUT2D eigenvalue weighted by Crippen LogP contribution is -2.23. The molecule has 1 N–H and O–H groups in total. The van der Waals surface area contributed by atoms with Crippen LogP contribution in [0.1, 0.15) is 23.6 Å². The van der Waals surface area contributed by atoms with E-state index >= 15 is 0 Å². The van der Waals surface area contributed by atoms with E-state index in [0.717, 1.165) is 22.4 Å². The molecule has 1 amide bonds. The zero-order valence-corrected chi connectivity index (χ0v) is 14.9. The Balaban J connectivity index is 1.94. The van der Waals surface area contributed by atoms with Crippen molar-refractivity contribution in [3.8, 4) is 0 Å². The maximum Gasteiger partial charge on any atom is 0.237 e. The fourth-order valence-corrected chi connectivity index (χ4v) is 3.32. The van der Waals surface area contributed by atoms with E-state index < -0.39 is 0 Å². The van der Waals surface area contributed by atoms with Crippen molar-refractivity contribution in [3.63, 3.8) is 0 Å². The van der Waals surface area contributed by atoms with Gasteiger partial charge in [0.1, 0.15) is 5.82 Å². The Morgan fingerprint density at radius 2 is 2.00 bits per heavy atom. The van der Waals surface area contributed by atoms with Gasteiger partial charge in [-0.15, -0.1) is 11.8 Å². The highest BCUT2D eigenvalue weighted by Gasteiger charge is 2.15. The number of hydrogen-bond donors (Lipinski definition) is 1. The molecule has 1 atom stereocenters. The van der Waals surface area contributed by atoms with E-state index in [0.29, 0.717) is 10.8 Å². The molecule has 0 spiro atoms. The first-order chi connectivity index (χ1) is 10.9. The monoisotopic (exact) mass is 351 g/mol. The fourth-order valence-electron chi connectivity index (χ4n) is 2.12. The first-order valence-electron chi connectivity index (χ1n) is 7.30. The van der Waals surface area contributed by atoms with Crippen LogP contribution >= 0.6 is 23.4 Å². The number of hydrogen-bond acceptors (Lipinski definition) is 2. The van der Waals surface area contributed by atoms with E-state index in [1.54, 1.807) is 6.07 Å². The van der Waals surface area contributed by atoms with Gasteiger partial charge in [-0.25, -0.2) is 4.39 Å². The second-order valence-corrected chi connectivity index (χ2v) is 7.23. The third-order valence-electron chi connectivity index (χ3n) is 3.51. The quantitative estimate of drug-likeness (QED) is 0.786. The molecular weight excluding hydrogens is 333 g/mol. The average Bonchev–Trinajstić information content (AvgIpc) is 2.48. The van der Waals surface area contributed by atoms with Crippen LogP contribution in [0, 0.1) is 19.7 Å². The third kappa shape index (κ3) is 4.98. The van der Waals surface area contributed by atoms with Crippen molar-refractivity contribution in [2.75, 3.05) is 5.32 Å². The molecule has 0 aliphatic heterocycles. The normalized spacial score (nSPS) is 12.0. The van der Waals surface area contributed by atoms with Crippen LogP contribution in [0.2, 0.25) is 5.02 Å². The second kappa shape index (κ2) is 7.84. The summed E-state index contributed by atoms with van der Waals surface area (Å²) in [5.41, 5.74) is 3.85. The van der Waals surface area contributed by atoms with Crippen LogP contribution in [0.25, 0.3) is 0 Å². The summed E-state index contributed by atoms with van der Waals surface area (Å²) in [6.45, 7) is 5.84. The second-order valence-electron chi connectivity index (χ2n) is 5.50. The zero-order chi connectivity index (χ0) is 17.0. The largest absolute Gasteiger partial charge is 0.325 e. The van der Waals surface area contributed by atoms with Crippen LogP contribution in [-0.4, -0.2) is 11.2 Å². The molecule has 0 aliphatic carbocycles. The molecule has 1 unspecified atom stereocenters. The van der Waals surface area contributed by atoms with Crippen molar-refractivity contribution in [2.45, 2.75) is 31.8 Å². The fraction of sp³-hybridized carbons (Fsp3) is 0.278. The SMILES string of the molecule is Cc1ccc(NC(=O)C(C)SCc2ccc(F)cc2Cl)c(C)c1. The molecule has 0 saturated carbocycles. The van der Waals surface area contributed by atoms with Crippen molar-refractivity contribution in [3.05, 3.63) is 63.9 Å². The van der Waals surface area contributed by atoms with E-state index in [-0.39, 0.29) is 17.0 Å². The standard InChI is InChI=1S/C18H19ClFNOS/c1-11-4-7-17(12(2)8-11)21-18(22)13(3)23-10-14-5-6-15(20)9-16(14)19/h4-9,13H,10H2,1-3H3,(H,21,22). The van der Waals surface area contributed by atoms with Gasteiger partial charge >= 0.3 is 0 Å². The number of aryl methyl sites for hydroxylation is 2. The zero-order valence-electron chi connectivity index (χ0n) is 13.3. The van der Waals surface area contributed by atoms with Crippen LogP contribution in [0.4, 0.5) is 10.1 Å². The molecule has 0 aromatic heterocycles. The molecule has 2 aromatic rings. The van der Waals surface area contributed by atoms with E-state index in [1.165, 1.54) is 23.9 Å². The Bertz CT molecular complexity index is 720. The highest BCUT2D eigenvalue weighted by atomic mass is 35.5. The molecule has 0 fully saturated rings. The number of benzene rings is 2. The van der Waals surface area contributed by atoms with Gasteiger partial charge in [0.05, 0.1) is 5.25 Å². The highest BCUT2D eigenvalue weighted by molar-refractivity contribution is 7.99. The highest BCUT2D eigenvalue weighted by Crippen LogP contribution is 2.25. The lowest BCUT2D eigenvalue weighted by atomic mass is 10.1. The number of nitrogens with one attached hydrogen (secondary N) is 1. The van der Waals surface area contributed by atoms with Crippen LogP contribution in [0.15, 0.2) is 36.4 Å². The number of thioether (sulfide) groups is 1. The molecule has 0 saturated heterocycles. The van der Waals surface area contributed by atoms with Crippen molar-refractivity contribution in [1.29, 1.82) is 0 Å². The van der Waals surface area contributed by atoms with Crippen molar-refractivity contribution < 1.29 is 9.18 Å². The van der Waals surface area contributed by atoms with E-state index in [4.69, 9.17) is 11.6 Å². The average molecular weight is 352 g/mol. The summed E-state index contributed by atoms with van der Waals surface area (Å²) in [5, 5.41) is 3.09. The topological polar surface area (TPSA) is 29.1 Å². The summed E-state index contributed by atoms with van der Waals surface area (Å²) in [5.74, 6) is 0.144. The molecule has 2 aromatic carbocycles. The molecule has 0 radical (unpaired) electrons. The molecule has 2 nitrogen and oxygen atoms in total. The first-order valence-corrected chi connectivity index (χ1v) is 8.73. The van der Waals surface area contributed by atoms with Crippen LogP contribution in [-0.2, 0) is 10.5 Å². The number of halogens is 2. The van der Waals surface area contributed by atoms with Gasteiger partial charge < -0.3 is 5.32 Å². The van der Waals surface area contributed by atoms with Crippen molar-refractivity contribution >= 4 is 35.0 Å². The summed E-state index contributed by atoms with van der Waals surface area (Å²) in [6.07, 6.45) is 0. The van der Waals surface area contributed by atoms with Gasteiger partial charge in [0.2, 0.25) is 5.91 Å². The Labute approximate surface area is 145 Å². The van der Waals surface area contributed by atoms with Gasteiger partial charge in [0, 0.05) is 16.5 Å². The van der Waals surface area contributed by atoms with Gasteiger partial charge in [-0.05, 0) is 50.1 Å². The lowest BCUT2D eigenvalue weighted by molar-refractivity contribution is -0.115. The minimum Gasteiger partial charge on any atom is -0.325 e. The maximum absolute atomic E-state index is 13.0. The minimum atomic E-state index is -0.357. The molecular formula is C18H19ClFNOS. The van der Waals surface area contributed by atoms with Crippen molar-refractivity contribution in [2.24, 2.45) is 0 Å². The number of anilines is 1. The van der Waals surface area contributed by atoms with Gasteiger partial charge in [-0.3, -0.25) is 4.79 Å². The Morgan fingerprint density at radius 1 is 1.26 bits per heavy atom. The molecule has 5 heteroatoms. The van der Waals surface area contributed by atoms with Crippen LogP contribution in [0.3, 0.4) is 0 Å². The summed E-state index contributed by atoms with van der Waals surface area (Å²) >= 11 is 7.47. The Hall–Kier alpha value is -1.52. The van der Waals surface area contributed by atoms with Crippen LogP contribution in [0.5, 0.6) is 0 Å². The van der Waals surface area contributed by atoms with Gasteiger partial charge in [-0.1, -0.05) is 35.4 Å².